The summed E-state index contributed by atoms with van der Waals surface area (Å²) in [5.41, 5.74) is 3.62. The molecule has 0 aromatic heterocycles. The monoisotopic (exact) mass is 335 g/mol. The summed E-state index contributed by atoms with van der Waals surface area (Å²) in [5, 5.41) is 0. The second-order valence-corrected chi connectivity index (χ2v) is 7.12. The fourth-order valence-electron chi connectivity index (χ4n) is 4.74. The van der Waals surface area contributed by atoms with E-state index in [-0.39, 0.29) is 12.7 Å². The van der Waals surface area contributed by atoms with E-state index in [0.29, 0.717) is 18.1 Å². The quantitative estimate of drug-likeness (QED) is 0.743. The van der Waals surface area contributed by atoms with Crippen LogP contribution >= 0.6 is 0 Å². The maximum absolute atomic E-state index is 13.6. The fraction of sp³-hybridized carbons (Fsp3) is 0.350. The molecule has 25 heavy (non-hydrogen) atoms. The molecule has 1 spiro atoms. The summed E-state index contributed by atoms with van der Waals surface area (Å²) in [6.07, 6.45) is 3.18. The van der Waals surface area contributed by atoms with Gasteiger partial charge in [-0.1, -0.05) is 18.2 Å². The van der Waals surface area contributed by atoms with Crippen LogP contribution in [0.1, 0.15) is 29.5 Å². The van der Waals surface area contributed by atoms with Crippen LogP contribution in [0.15, 0.2) is 30.3 Å². The van der Waals surface area contributed by atoms with Gasteiger partial charge in [0.2, 0.25) is 12.7 Å². The van der Waals surface area contributed by atoms with Gasteiger partial charge < -0.3 is 19.1 Å². The van der Waals surface area contributed by atoms with E-state index in [1.807, 2.05) is 17.0 Å². The Morgan fingerprint density at radius 2 is 1.84 bits per heavy atom. The van der Waals surface area contributed by atoms with E-state index in [1.54, 1.807) is 0 Å². The molecule has 126 valence electrons. The second-order valence-electron chi connectivity index (χ2n) is 7.12. The number of carbonyl (C=O) groups is 1. The van der Waals surface area contributed by atoms with Crippen molar-refractivity contribution in [2.75, 3.05) is 24.8 Å². The molecule has 4 heterocycles. The largest absolute Gasteiger partial charge is 0.491 e. The third-order valence-electron chi connectivity index (χ3n) is 5.92. The van der Waals surface area contributed by atoms with Crippen molar-refractivity contribution >= 4 is 11.6 Å². The van der Waals surface area contributed by atoms with Gasteiger partial charge in [-0.05, 0) is 36.5 Å². The number of rotatable bonds is 0. The van der Waals surface area contributed by atoms with Crippen LogP contribution in [0.25, 0.3) is 0 Å². The third kappa shape index (κ3) is 1.52. The summed E-state index contributed by atoms with van der Waals surface area (Å²) >= 11 is 0. The van der Waals surface area contributed by atoms with Gasteiger partial charge in [0.15, 0.2) is 11.5 Å². The maximum Gasteiger partial charge on any atom is 0.245 e. The van der Waals surface area contributed by atoms with Crippen LogP contribution in [-0.2, 0) is 16.6 Å². The zero-order valence-electron chi connectivity index (χ0n) is 13.7. The lowest BCUT2D eigenvalue weighted by Crippen LogP contribution is -2.42. The predicted octanol–water partition coefficient (Wildman–Crippen LogP) is 2.78. The number of anilines is 1. The first-order valence-corrected chi connectivity index (χ1v) is 8.80. The lowest BCUT2D eigenvalue weighted by atomic mass is 9.76. The number of fused-ring (bicyclic) bond motifs is 4. The summed E-state index contributed by atoms with van der Waals surface area (Å²) < 4.78 is 17.0. The Morgan fingerprint density at radius 3 is 2.76 bits per heavy atom. The molecule has 0 radical (unpaired) electrons. The molecule has 4 aliphatic heterocycles. The van der Waals surface area contributed by atoms with Gasteiger partial charge in [-0.15, -0.1) is 0 Å². The lowest BCUT2D eigenvalue weighted by molar-refractivity contribution is -0.122. The van der Waals surface area contributed by atoms with Gasteiger partial charge in [0.25, 0.3) is 0 Å². The summed E-state index contributed by atoms with van der Waals surface area (Å²) in [6.45, 7) is 1.34. The summed E-state index contributed by atoms with van der Waals surface area (Å²) in [4.78, 5) is 15.6. The molecule has 1 unspecified atom stereocenters. The molecule has 6 rings (SSSR count). The summed E-state index contributed by atoms with van der Waals surface area (Å²) in [5.74, 6) is 2.25. The molecular formula is C20H17NO4. The average Bonchev–Trinajstić information content (AvgIpc) is 3.24. The van der Waals surface area contributed by atoms with Gasteiger partial charge in [0.05, 0.1) is 5.69 Å². The van der Waals surface area contributed by atoms with E-state index in [4.69, 9.17) is 14.2 Å². The SMILES string of the molecule is O=C1N2CCCCc3cccc(c32)C12COc1cc3c(cc12)OCO3. The third-order valence-corrected chi connectivity index (χ3v) is 5.92. The molecule has 2 aromatic carbocycles. The number of hydrogen-bond acceptors (Lipinski definition) is 4. The van der Waals surface area contributed by atoms with E-state index >= 15 is 0 Å². The minimum Gasteiger partial charge on any atom is -0.491 e. The highest BCUT2D eigenvalue weighted by Crippen LogP contribution is 2.56. The van der Waals surface area contributed by atoms with E-state index in [9.17, 15) is 4.79 Å². The van der Waals surface area contributed by atoms with Crippen LogP contribution < -0.4 is 19.1 Å². The fourth-order valence-corrected chi connectivity index (χ4v) is 4.74. The predicted molar refractivity (Wildman–Crippen MR) is 90.6 cm³/mol. The maximum atomic E-state index is 13.6. The Balaban J connectivity index is 1.64. The second kappa shape index (κ2) is 4.48. The van der Waals surface area contributed by atoms with Crippen molar-refractivity contribution in [1.29, 1.82) is 0 Å². The van der Waals surface area contributed by atoms with Crippen LogP contribution in [0, 0.1) is 0 Å². The van der Waals surface area contributed by atoms with E-state index in [1.165, 1.54) is 5.56 Å². The molecule has 2 aromatic rings. The normalized spacial score (nSPS) is 25.0. The van der Waals surface area contributed by atoms with Gasteiger partial charge in [-0.2, -0.15) is 0 Å². The van der Waals surface area contributed by atoms with Crippen molar-refractivity contribution in [3.8, 4) is 17.2 Å². The first kappa shape index (κ1) is 13.6. The zero-order chi connectivity index (χ0) is 16.6. The van der Waals surface area contributed by atoms with Crippen LogP contribution in [0.3, 0.4) is 0 Å². The zero-order valence-corrected chi connectivity index (χ0v) is 13.7. The Kier molecular flexibility index (Phi) is 2.43. The Hall–Kier alpha value is -2.69. The number of carbonyl (C=O) groups excluding carboxylic acids is 1. The Labute approximate surface area is 145 Å². The number of para-hydroxylation sites is 1. The number of hydrogen-bond donors (Lipinski definition) is 0. The number of nitrogens with zero attached hydrogens (tertiary/aromatic N) is 1. The first-order chi connectivity index (χ1) is 12.3. The smallest absolute Gasteiger partial charge is 0.245 e. The minimum absolute atomic E-state index is 0.134. The van der Waals surface area contributed by atoms with Crippen LogP contribution in [-0.4, -0.2) is 25.9 Å². The van der Waals surface area contributed by atoms with E-state index < -0.39 is 5.41 Å². The Morgan fingerprint density at radius 1 is 0.960 bits per heavy atom. The van der Waals surface area contributed by atoms with Crippen LogP contribution in [0.5, 0.6) is 17.2 Å². The molecule has 0 fully saturated rings. The number of benzene rings is 2. The van der Waals surface area contributed by atoms with E-state index in [2.05, 4.69) is 18.2 Å². The Bertz CT molecular complexity index is 938. The van der Waals surface area contributed by atoms with Crippen LogP contribution in [0.2, 0.25) is 0 Å². The van der Waals surface area contributed by atoms with Gasteiger partial charge >= 0.3 is 0 Å². The van der Waals surface area contributed by atoms with Crippen molar-refractivity contribution in [1.82, 2.24) is 0 Å². The molecule has 1 atom stereocenters. The van der Waals surface area contributed by atoms with Gasteiger partial charge in [-0.3, -0.25) is 4.79 Å². The average molecular weight is 335 g/mol. The van der Waals surface area contributed by atoms with Gasteiger partial charge in [-0.25, -0.2) is 0 Å². The van der Waals surface area contributed by atoms with Crippen molar-refractivity contribution in [2.45, 2.75) is 24.7 Å². The molecule has 4 aliphatic rings. The first-order valence-electron chi connectivity index (χ1n) is 8.80. The number of aryl methyl sites for hydroxylation is 1. The van der Waals surface area contributed by atoms with Crippen LogP contribution in [0.4, 0.5) is 5.69 Å². The molecule has 0 aliphatic carbocycles. The lowest BCUT2D eigenvalue weighted by Gasteiger charge is -2.23. The van der Waals surface area contributed by atoms with Crippen molar-refractivity contribution in [3.05, 3.63) is 47.0 Å². The van der Waals surface area contributed by atoms with Gasteiger partial charge in [0.1, 0.15) is 17.8 Å². The summed E-state index contributed by atoms with van der Waals surface area (Å²) in [7, 11) is 0. The highest BCUT2D eigenvalue weighted by molar-refractivity contribution is 6.12. The molecule has 1 amide bonds. The molecule has 5 nitrogen and oxygen atoms in total. The molecule has 0 N–H and O–H groups in total. The number of ether oxygens (including phenoxy) is 3. The number of amides is 1. The van der Waals surface area contributed by atoms with Gasteiger partial charge in [0, 0.05) is 18.2 Å². The molecule has 0 saturated heterocycles. The highest BCUT2D eigenvalue weighted by Gasteiger charge is 2.57. The minimum atomic E-state index is -0.751. The highest BCUT2D eigenvalue weighted by atomic mass is 16.7. The molecular weight excluding hydrogens is 318 g/mol. The molecule has 5 heteroatoms. The van der Waals surface area contributed by atoms with Crippen molar-refractivity contribution < 1.29 is 19.0 Å². The molecule has 0 bridgehead atoms. The standard InChI is InChI=1S/C20H17NO4/c22-19-20(10-23-15-9-17-16(8-14(15)20)24-11-25-17)13-6-3-5-12-4-1-2-7-21(19)18(12)13/h3,5-6,8-9H,1-2,4,7,10-11H2. The molecule has 0 saturated carbocycles. The topological polar surface area (TPSA) is 48.0 Å². The van der Waals surface area contributed by atoms with E-state index in [0.717, 1.165) is 48.4 Å². The van der Waals surface area contributed by atoms with Crippen molar-refractivity contribution in [2.24, 2.45) is 0 Å². The van der Waals surface area contributed by atoms with Crippen molar-refractivity contribution in [3.63, 3.8) is 0 Å². The summed E-state index contributed by atoms with van der Waals surface area (Å²) in [6, 6.07) is 10.1.